The zero-order valence-corrected chi connectivity index (χ0v) is 9.18. The van der Waals surface area contributed by atoms with Crippen molar-refractivity contribution in [2.45, 2.75) is 64.6 Å². The quantitative estimate of drug-likeness (QED) is 0.679. The largest absolute Gasteiger partial charge is 0.378 e. The molecule has 0 spiro atoms. The number of nitrogens with one attached hydrogen (secondary N) is 1. The van der Waals surface area contributed by atoms with Crippen LogP contribution >= 0.6 is 0 Å². The molecule has 0 amide bonds. The van der Waals surface area contributed by atoms with Gasteiger partial charge in [0.05, 0.1) is 6.10 Å². The SMILES string of the molecule is CCCCOC1CC(C)NC(C)C1. The van der Waals surface area contributed by atoms with Gasteiger partial charge in [-0.15, -0.1) is 0 Å². The van der Waals surface area contributed by atoms with Gasteiger partial charge in [-0.3, -0.25) is 0 Å². The molecule has 0 bridgehead atoms. The van der Waals surface area contributed by atoms with Gasteiger partial charge in [-0.25, -0.2) is 0 Å². The van der Waals surface area contributed by atoms with Crippen LogP contribution in [0.3, 0.4) is 0 Å². The Hall–Kier alpha value is -0.0800. The third-order valence-electron chi connectivity index (χ3n) is 2.65. The van der Waals surface area contributed by atoms with E-state index in [0.717, 1.165) is 6.61 Å². The van der Waals surface area contributed by atoms with E-state index in [0.29, 0.717) is 18.2 Å². The molecule has 1 rings (SSSR count). The average molecular weight is 185 g/mol. The van der Waals surface area contributed by atoms with Crippen molar-refractivity contribution in [3.8, 4) is 0 Å². The van der Waals surface area contributed by atoms with Crippen molar-refractivity contribution in [3.05, 3.63) is 0 Å². The third-order valence-corrected chi connectivity index (χ3v) is 2.65. The van der Waals surface area contributed by atoms with Gasteiger partial charge in [-0.1, -0.05) is 13.3 Å². The number of hydrogen-bond donors (Lipinski definition) is 1. The molecule has 2 atom stereocenters. The minimum absolute atomic E-state index is 0.498. The second-order valence-electron chi connectivity index (χ2n) is 4.29. The van der Waals surface area contributed by atoms with Crippen molar-refractivity contribution in [2.24, 2.45) is 0 Å². The van der Waals surface area contributed by atoms with Gasteiger partial charge in [-0.05, 0) is 33.1 Å². The van der Waals surface area contributed by atoms with Crippen LogP contribution in [0.2, 0.25) is 0 Å². The van der Waals surface area contributed by atoms with Crippen LogP contribution in [0.15, 0.2) is 0 Å². The summed E-state index contributed by atoms with van der Waals surface area (Å²) in [5, 5.41) is 3.52. The van der Waals surface area contributed by atoms with Crippen LogP contribution in [0.4, 0.5) is 0 Å². The zero-order chi connectivity index (χ0) is 9.68. The van der Waals surface area contributed by atoms with E-state index in [9.17, 15) is 0 Å². The summed E-state index contributed by atoms with van der Waals surface area (Å²) in [6.45, 7) is 7.63. The van der Waals surface area contributed by atoms with Crippen molar-refractivity contribution in [3.63, 3.8) is 0 Å². The molecular formula is C11H23NO. The molecule has 0 aromatic heterocycles. The Kier molecular flexibility index (Phi) is 4.74. The first-order chi connectivity index (χ1) is 6.22. The van der Waals surface area contributed by atoms with Gasteiger partial charge in [0, 0.05) is 18.7 Å². The van der Waals surface area contributed by atoms with Gasteiger partial charge < -0.3 is 10.1 Å². The summed E-state index contributed by atoms with van der Waals surface area (Å²) in [5.41, 5.74) is 0. The van der Waals surface area contributed by atoms with E-state index < -0.39 is 0 Å². The van der Waals surface area contributed by atoms with E-state index in [2.05, 4.69) is 26.1 Å². The second-order valence-corrected chi connectivity index (χ2v) is 4.29. The molecule has 1 fully saturated rings. The summed E-state index contributed by atoms with van der Waals surface area (Å²) in [4.78, 5) is 0. The molecule has 1 N–H and O–H groups in total. The first-order valence-electron chi connectivity index (χ1n) is 5.60. The lowest BCUT2D eigenvalue weighted by molar-refractivity contribution is 0.0125. The van der Waals surface area contributed by atoms with Crippen LogP contribution in [-0.4, -0.2) is 24.8 Å². The maximum absolute atomic E-state index is 5.82. The minimum atomic E-state index is 0.498. The summed E-state index contributed by atoms with van der Waals surface area (Å²) >= 11 is 0. The predicted octanol–water partition coefficient (Wildman–Crippen LogP) is 2.33. The van der Waals surface area contributed by atoms with E-state index in [-0.39, 0.29) is 0 Å². The summed E-state index contributed by atoms with van der Waals surface area (Å²) in [7, 11) is 0. The molecule has 1 aliphatic rings. The molecule has 0 aliphatic carbocycles. The fraction of sp³-hybridized carbons (Fsp3) is 1.00. The number of rotatable bonds is 4. The first kappa shape index (κ1) is 11.0. The van der Waals surface area contributed by atoms with Crippen LogP contribution < -0.4 is 5.32 Å². The van der Waals surface area contributed by atoms with Gasteiger partial charge in [0.2, 0.25) is 0 Å². The minimum Gasteiger partial charge on any atom is -0.378 e. The van der Waals surface area contributed by atoms with Crippen molar-refractivity contribution < 1.29 is 4.74 Å². The van der Waals surface area contributed by atoms with E-state index in [1.807, 2.05) is 0 Å². The van der Waals surface area contributed by atoms with E-state index in [4.69, 9.17) is 4.74 Å². The summed E-state index contributed by atoms with van der Waals surface area (Å²) in [6.07, 6.45) is 5.28. The molecule has 0 saturated carbocycles. The number of hydrogen-bond acceptors (Lipinski definition) is 2. The van der Waals surface area contributed by atoms with Gasteiger partial charge in [0.15, 0.2) is 0 Å². The van der Waals surface area contributed by atoms with Crippen molar-refractivity contribution >= 4 is 0 Å². The van der Waals surface area contributed by atoms with Crippen molar-refractivity contribution in [1.82, 2.24) is 5.32 Å². The number of piperidine rings is 1. The molecule has 78 valence electrons. The first-order valence-corrected chi connectivity index (χ1v) is 5.60. The van der Waals surface area contributed by atoms with Crippen LogP contribution in [0, 0.1) is 0 Å². The topological polar surface area (TPSA) is 21.3 Å². The maximum atomic E-state index is 5.82. The van der Waals surface area contributed by atoms with Crippen LogP contribution in [0.1, 0.15) is 46.5 Å². The van der Waals surface area contributed by atoms with Crippen molar-refractivity contribution in [2.75, 3.05) is 6.61 Å². The van der Waals surface area contributed by atoms with Crippen LogP contribution in [-0.2, 0) is 4.74 Å². The third kappa shape index (κ3) is 4.10. The molecule has 1 saturated heterocycles. The molecule has 13 heavy (non-hydrogen) atoms. The van der Waals surface area contributed by atoms with Gasteiger partial charge in [0.25, 0.3) is 0 Å². The lowest BCUT2D eigenvalue weighted by Gasteiger charge is -2.32. The van der Waals surface area contributed by atoms with Crippen molar-refractivity contribution in [1.29, 1.82) is 0 Å². The fourth-order valence-corrected chi connectivity index (χ4v) is 2.04. The molecule has 2 unspecified atom stereocenters. The lowest BCUT2D eigenvalue weighted by atomic mass is 9.98. The fourth-order valence-electron chi connectivity index (χ4n) is 2.04. The van der Waals surface area contributed by atoms with Gasteiger partial charge >= 0.3 is 0 Å². The molecule has 1 aliphatic heterocycles. The maximum Gasteiger partial charge on any atom is 0.0604 e. The highest BCUT2D eigenvalue weighted by atomic mass is 16.5. The average Bonchev–Trinajstić information content (AvgIpc) is 2.03. The van der Waals surface area contributed by atoms with E-state index in [1.54, 1.807) is 0 Å². The second kappa shape index (κ2) is 5.61. The molecule has 2 heteroatoms. The molecule has 0 aromatic rings. The molecule has 1 heterocycles. The lowest BCUT2D eigenvalue weighted by Crippen LogP contribution is -2.45. The number of unbranched alkanes of at least 4 members (excludes halogenated alkanes) is 1. The Morgan fingerprint density at radius 3 is 2.38 bits per heavy atom. The summed E-state index contributed by atoms with van der Waals surface area (Å²) in [5.74, 6) is 0. The van der Waals surface area contributed by atoms with Crippen LogP contribution in [0.5, 0.6) is 0 Å². The Bertz CT molecular complexity index is 128. The van der Waals surface area contributed by atoms with E-state index in [1.165, 1.54) is 25.7 Å². The van der Waals surface area contributed by atoms with Gasteiger partial charge in [0.1, 0.15) is 0 Å². The Labute approximate surface area is 82.0 Å². The molecule has 2 nitrogen and oxygen atoms in total. The van der Waals surface area contributed by atoms with E-state index >= 15 is 0 Å². The number of ether oxygens (including phenoxy) is 1. The molecule has 0 aromatic carbocycles. The Morgan fingerprint density at radius 1 is 1.23 bits per heavy atom. The summed E-state index contributed by atoms with van der Waals surface area (Å²) in [6, 6.07) is 1.24. The van der Waals surface area contributed by atoms with Crippen LogP contribution in [0.25, 0.3) is 0 Å². The highest BCUT2D eigenvalue weighted by Gasteiger charge is 2.23. The smallest absolute Gasteiger partial charge is 0.0604 e. The standard InChI is InChI=1S/C11H23NO/c1-4-5-6-13-11-7-9(2)12-10(3)8-11/h9-12H,4-8H2,1-3H3. The predicted molar refractivity (Wildman–Crippen MR) is 55.9 cm³/mol. The van der Waals surface area contributed by atoms with Gasteiger partial charge in [-0.2, -0.15) is 0 Å². The molecular weight excluding hydrogens is 162 g/mol. The highest BCUT2D eigenvalue weighted by molar-refractivity contribution is 4.81. The molecule has 0 radical (unpaired) electrons. The normalized spacial score (nSPS) is 34.8. The monoisotopic (exact) mass is 185 g/mol. The Balaban J connectivity index is 2.17. The zero-order valence-electron chi connectivity index (χ0n) is 9.18. The summed E-state index contributed by atoms with van der Waals surface area (Å²) < 4.78 is 5.82. The Morgan fingerprint density at radius 2 is 1.85 bits per heavy atom. The highest BCUT2D eigenvalue weighted by Crippen LogP contribution is 2.16.